The molecule has 0 aromatic carbocycles. The molecule has 0 spiro atoms. The van der Waals surface area contributed by atoms with Gasteiger partial charge >= 0.3 is 11.9 Å². The van der Waals surface area contributed by atoms with Gasteiger partial charge in [-0.1, -0.05) is 13.5 Å². The fraction of sp³-hybridized carbons (Fsp3) is 0.733. The van der Waals surface area contributed by atoms with E-state index >= 15 is 0 Å². The summed E-state index contributed by atoms with van der Waals surface area (Å²) in [5, 5.41) is 0. The van der Waals surface area contributed by atoms with E-state index in [2.05, 4.69) is 6.58 Å². The lowest BCUT2D eigenvalue weighted by molar-refractivity contribution is -0.219. The van der Waals surface area contributed by atoms with Gasteiger partial charge in [-0.05, 0) is 13.8 Å². The minimum Gasteiger partial charge on any atom is -0.492 e. The molecular formula is C15H24O6. The van der Waals surface area contributed by atoms with Gasteiger partial charge in [0.05, 0.1) is 11.9 Å². The average molecular weight is 300 g/mol. The lowest BCUT2D eigenvalue weighted by atomic mass is 9.87. The van der Waals surface area contributed by atoms with Crippen molar-refractivity contribution in [3.8, 4) is 0 Å². The van der Waals surface area contributed by atoms with Gasteiger partial charge in [-0.2, -0.15) is 0 Å². The van der Waals surface area contributed by atoms with Crippen LogP contribution in [0.4, 0.5) is 0 Å². The minimum atomic E-state index is -0.428. The summed E-state index contributed by atoms with van der Waals surface area (Å²) in [6.07, 6.45) is -1.56. The summed E-state index contributed by atoms with van der Waals surface area (Å²) in [6, 6.07) is 0. The van der Waals surface area contributed by atoms with Crippen molar-refractivity contribution in [3.05, 3.63) is 12.3 Å². The number of hydrogen-bond acceptors (Lipinski definition) is 6. The third-order valence-corrected chi connectivity index (χ3v) is 3.35. The van der Waals surface area contributed by atoms with Crippen molar-refractivity contribution in [2.24, 2.45) is 5.92 Å². The summed E-state index contributed by atoms with van der Waals surface area (Å²) in [7, 11) is 0. The van der Waals surface area contributed by atoms with Crippen LogP contribution in [0.25, 0.3) is 0 Å². The Morgan fingerprint density at radius 2 is 1.67 bits per heavy atom. The van der Waals surface area contributed by atoms with Gasteiger partial charge in [-0.15, -0.1) is 0 Å². The Bertz CT molecular complexity index is 403. The summed E-state index contributed by atoms with van der Waals surface area (Å²) >= 11 is 0. The van der Waals surface area contributed by atoms with Gasteiger partial charge in [0.1, 0.15) is 24.9 Å². The molecule has 6 heteroatoms. The van der Waals surface area contributed by atoms with Crippen LogP contribution in [0.5, 0.6) is 0 Å². The molecule has 0 aromatic heterocycles. The number of esters is 2. The zero-order chi connectivity index (χ0) is 16.2. The minimum absolute atomic E-state index is 0.0920. The van der Waals surface area contributed by atoms with Crippen LogP contribution in [0.1, 0.15) is 34.6 Å². The number of rotatable bonds is 5. The molecule has 1 saturated heterocycles. The normalized spacial score (nSPS) is 32.1. The van der Waals surface area contributed by atoms with Crippen molar-refractivity contribution < 1.29 is 28.5 Å². The van der Waals surface area contributed by atoms with Crippen LogP contribution in [-0.2, 0) is 28.5 Å². The molecule has 0 amide bonds. The van der Waals surface area contributed by atoms with Gasteiger partial charge in [0.25, 0.3) is 0 Å². The number of allylic oxidation sites excluding steroid dienone is 1. The van der Waals surface area contributed by atoms with Gasteiger partial charge in [-0.25, -0.2) is 0 Å². The second kappa shape index (κ2) is 7.45. The van der Waals surface area contributed by atoms with E-state index in [4.69, 9.17) is 18.9 Å². The van der Waals surface area contributed by atoms with Crippen LogP contribution in [-0.4, -0.2) is 43.0 Å². The zero-order valence-corrected chi connectivity index (χ0v) is 13.3. The average Bonchev–Trinajstić information content (AvgIpc) is 2.35. The van der Waals surface area contributed by atoms with Gasteiger partial charge in [-0.3, -0.25) is 9.59 Å². The predicted octanol–water partition coefficient (Wildman–Crippen LogP) is 1.82. The SMILES string of the molecule is C=C(C)OC1C(COC(C)=O)OC(C)[C@H](OC(C)=O)C1C. The fourth-order valence-electron chi connectivity index (χ4n) is 2.53. The summed E-state index contributed by atoms with van der Waals surface area (Å²) < 4.78 is 21.9. The molecule has 1 heterocycles. The highest BCUT2D eigenvalue weighted by atomic mass is 16.6. The smallest absolute Gasteiger partial charge is 0.303 e. The Hall–Kier alpha value is -1.56. The first-order valence-electron chi connectivity index (χ1n) is 7.00. The largest absolute Gasteiger partial charge is 0.492 e. The van der Waals surface area contributed by atoms with E-state index in [1.807, 2.05) is 13.8 Å². The summed E-state index contributed by atoms with van der Waals surface area (Å²) in [5.74, 6) is -0.334. The predicted molar refractivity (Wildman–Crippen MR) is 75.4 cm³/mol. The van der Waals surface area contributed by atoms with E-state index < -0.39 is 18.3 Å². The van der Waals surface area contributed by atoms with E-state index in [1.165, 1.54) is 13.8 Å². The van der Waals surface area contributed by atoms with E-state index in [-0.39, 0.29) is 30.6 Å². The zero-order valence-electron chi connectivity index (χ0n) is 13.3. The molecule has 4 unspecified atom stereocenters. The molecule has 0 radical (unpaired) electrons. The van der Waals surface area contributed by atoms with E-state index in [1.54, 1.807) is 6.92 Å². The fourth-order valence-corrected chi connectivity index (χ4v) is 2.53. The van der Waals surface area contributed by atoms with Crippen LogP contribution < -0.4 is 0 Å². The molecule has 0 aliphatic carbocycles. The molecule has 1 rings (SSSR count). The van der Waals surface area contributed by atoms with Crippen LogP contribution in [0.2, 0.25) is 0 Å². The van der Waals surface area contributed by atoms with Crippen LogP contribution in [0, 0.1) is 5.92 Å². The molecule has 1 fully saturated rings. The molecule has 0 aromatic rings. The summed E-state index contributed by atoms with van der Waals surface area (Å²) in [6.45, 7) is 12.0. The molecule has 1 aliphatic heterocycles. The van der Waals surface area contributed by atoms with Gasteiger partial charge in [0.15, 0.2) is 0 Å². The van der Waals surface area contributed by atoms with Crippen LogP contribution >= 0.6 is 0 Å². The second-order valence-corrected chi connectivity index (χ2v) is 5.40. The Balaban J connectivity index is 2.86. The quantitative estimate of drug-likeness (QED) is 0.570. The lowest BCUT2D eigenvalue weighted by Gasteiger charge is -2.43. The maximum atomic E-state index is 11.2. The molecular weight excluding hydrogens is 276 g/mol. The van der Waals surface area contributed by atoms with E-state index in [0.717, 1.165) is 0 Å². The van der Waals surface area contributed by atoms with Crippen molar-refractivity contribution in [3.63, 3.8) is 0 Å². The molecule has 1 aliphatic rings. The third kappa shape index (κ3) is 5.04. The number of carbonyl (C=O) groups is 2. The number of hydrogen-bond donors (Lipinski definition) is 0. The molecule has 0 bridgehead atoms. The monoisotopic (exact) mass is 300 g/mol. The molecule has 5 atom stereocenters. The number of ether oxygens (including phenoxy) is 4. The Morgan fingerprint density at radius 3 is 2.14 bits per heavy atom. The highest BCUT2D eigenvalue weighted by Gasteiger charge is 2.45. The highest BCUT2D eigenvalue weighted by Crippen LogP contribution is 2.31. The first-order chi connectivity index (χ1) is 9.72. The summed E-state index contributed by atoms with van der Waals surface area (Å²) in [4.78, 5) is 22.2. The Morgan fingerprint density at radius 1 is 1.05 bits per heavy atom. The first-order valence-corrected chi connectivity index (χ1v) is 7.00. The molecule has 0 saturated carbocycles. The van der Waals surface area contributed by atoms with Crippen molar-refractivity contribution in [2.75, 3.05) is 6.61 Å². The molecule has 6 nitrogen and oxygen atoms in total. The van der Waals surface area contributed by atoms with E-state index in [0.29, 0.717) is 5.76 Å². The summed E-state index contributed by atoms with van der Waals surface area (Å²) in [5.41, 5.74) is 0. The van der Waals surface area contributed by atoms with Crippen molar-refractivity contribution in [2.45, 2.75) is 59.0 Å². The van der Waals surface area contributed by atoms with Crippen LogP contribution in [0.3, 0.4) is 0 Å². The van der Waals surface area contributed by atoms with Crippen molar-refractivity contribution in [1.82, 2.24) is 0 Å². The standard InChI is InChI=1S/C15H24O6/c1-8(2)19-15-9(3)14(21-12(6)17)10(4)20-13(15)7-18-11(5)16/h9-10,13-15H,1,7H2,2-6H3/t9?,10?,13?,14-,15?/m1/s1. The maximum absolute atomic E-state index is 11.2. The van der Waals surface area contributed by atoms with Crippen molar-refractivity contribution >= 4 is 11.9 Å². The molecule has 120 valence electrons. The van der Waals surface area contributed by atoms with Crippen molar-refractivity contribution in [1.29, 1.82) is 0 Å². The lowest BCUT2D eigenvalue weighted by Crippen LogP contribution is -2.55. The Kier molecular flexibility index (Phi) is 6.20. The Labute approximate surface area is 125 Å². The third-order valence-electron chi connectivity index (χ3n) is 3.35. The molecule has 21 heavy (non-hydrogen) atoms. The maximum Gasteiger partial charge on any atom is 0.303 e. The number of carbonyl (C=O) groups excluding carboxylic acids is 2. The first kappa shape index (κ1) is 17.5. The second-order valence-electron chi connectivity index (χ2n) is 5.40. The van der Waals surface area contributed by atoms with Gasteiger partial charge in [0, 0.05) is 19.8 Å². The van der Waals surface area contributed by atoms with Crippen LogP contribution in [0.15, 0.2) is 12.3 Å². The van der Waals surface area contributed by atoms with Gasteiger partial charge < -0.3 is 18.9 Å². The van der Waals surface area contributed by atoms with E-state index in [9.17, 15) is 9.59 Å². The topological polar surface area (TPSA) is 71.1 Å². The van der Waals surface area contributed by atoms with Gasteiger partial charge in [0.2, 0.25) is 0 Å². The molecule has 0 N–H and O–H groups in total. The highest BCUT2D eigenvalue weighted by molar-refractivity contribution is 5.66.